The second kappa shape index (κ2) is 5.09. The molecule has 1 heterocycles. The molecule has 1 N–H and O–H groups in total. The first-order valence-electron chi connectivity index (χ1n) is 5.50. The number of ether oxygens (including phenoxy) is 1. The maximum atomic E-state index is 11.6. The molecule has 1 fully saturated rings. The number of benzene rings is 1. The standard InChI is InChI=1S/C12H15NO3/c14-12(11-7-4-8-13(11)15)16-9-10-5-2-1-3-6-10/h1-3,5-6,11,13H,4,7-9H2/t11-/m0/s1. The van der Waals surface area contributed by atoms with Gasteiger partial charge in [-0.1, -0.05) is 30.3 Å². The van der Waals surface area contributed by atoms with Crippen LogP contribution < -0.4 is 5.06 Å². The molecule has 1 aliphatic rings. The van der Waals surface area contributed by atoms with Crippen LogP contribution in [0.3, 0.4) is 0 Å². The maximum absolute atomic E-state index is 11.6. The van der Waals surface area contributed by atoms with Gasteiger partial charge in [0.05, 0.1) is 6.54 Å². The van der Waals surface area contributed by atoms with Crippen molar-refractivity contribution in [2.45, 2.75) is 25.5 Å². The fraction of sp³-hybridized carbons (Fsp3) is 0.417. The van der Waals surface area contributed by atoms with Gasteiger partial charge in [-0.25, -0.2) is 4.79 Å². The predicted molar refractivity (Wildman–Crippen MR) is 58.5 cm³/mol. The summed E-state index contributed by atoms with van der Waals surface area (Å²) in [4.78, 5) is 11.6. The Labute approximate surface area is 94.4 Å². The summed E-state index contributed by atoms with van der Waals surface area (Å²) in [6, 6.07) is 8.97. The Balaban J connectivity index is 1.84. The Morgan fingerprint density at radius 1 is 1.44 bits per heavy atom. The lowest BCUT2D eigenvalue weighted by molar-refractivity contribution is -0.851. The summed E-state index contributed by atoms with van der Waals surface area (Å²) in [6.07, 6.45) is 1.45. The lowest BCUT2D eigenvalue weighted by Gasteiger charge is -2.22. The van der Waals surface area contributed by atoms with Gasteiger partial charge >= 0.3 is 5.97 Å². The molecule has 1 aliphatic heterocycles. The smallest absolute Gasteiger partial charge is 0.365 e. The van der Waals surface area contributed by atoms with Gasteiger partial charge in [0.2, 0.25) is 0 Å². The van der Waals surface area contributed by atoms with E-state index in [4.69, 9.17) is 4.74 Å². The van der Waals surface area contributed by atoms with Gasteiger partial charge in [0.25, 0.3) is 0 Å². The number of esters is 1. The summed E-state index contributed by atoms with van der Waals surface area (Å²) < 4.78 is 5.12. The molecule has 0 amide bonds. The summed E-state index contributed by atoms with van der Waals surface area (Å²) in [7, 11) is 0. The fourth-order valence-electron chi connectivity index (χ4n) is 1.89. The van der Waals surface area contributed by atoms with Crippen LogP contribution in [-0.2, 0) is 16.1 Å². The lowest BCUT2D eigenvalue weighted by Crippen LogP contribution is -3.10. The van der Waals surface area contributed by atoms with Crippen LogP contribution >= 0.6 is 0 Å². The molecule has 1 saturated heterocycles. The number of carbonyl (C=O) groups excluding carboxylic acids is 1. The van der Waals surface area contributed by atoms with Crippen molar-refractivity contribution < 1.29 is 14.6 Å². The molecular weight excluding hydrogens is 206 g/mol. The van der Waals surface area contributed by atoms with Crippen LogP contribution in [0.25, 0.3) is 0 Å². The third-order valence-corrected chi connectivity index (χ3v) is 2.81. The summed E-state index contributed by atoms with van der Waals surface area (Å²) in [5.41, 5.74) is 0.946. The highest BCUT2D eigenvalue weighted by atomic mass is 16.6. The Hall–Kier alpha value is -1.39. The van der Waals surface area contributed by atoms with Crippen LogP contribution in [0, 0.1) is 5.21 Å². The molecule has 16 heavy (non-hydrogen) atoms. The van der Waals surface area contributed by atoms with Gasteiger partial charge in [-0.05, 0) is 5.56 Å². The number of hydrogen-bond donors (Lipinski definition) is 1. The largest absolute Gasteiger partial charge is 0.634 e. The van der Waals surface area contributed by atoms with E-state index in [2.05, 4.69) is 0 Å². The van der Waals surface area contributed by atoms with Crippen molar-refractivity contribution in [2.24, 2.45) is 0 Å². The molecule has 86 valence electrons. The molecule has 1 unspecified atom stereocenters. The highest BCUT2D eigenvalue weighted by Gasteiger charge is 2.31. The number of hydrogen-bond acceptors (Lipinski definition) is 3. The zero-order chi connectivity index (χ0) is 11.4. The van der Waals surface area contributed by atoms with Gasteiger partial charge in [-0.3, -0.25) is 0 Å². The zero-order valence-corrected chi connectivity index (χ0v) is 9.02. The Morgan fingerprint density at radius 2 is 2.19 bits per heavy atom. The van der Waals surface area contributed by atoms with E-state index in [1.807, 2.05) is 30.3 Å². The van der Waals surface area contributed by atoms with Crippen molar-refractivity contribution >= 4 is 5.97 Å². The molecule has 0 spiro atoms. The molecule has 0 saturated carbocycles. The zero-order valence-electron chi connectivity index (χ0n) is 9.02. The monoisotopic (exact) mass is 221 g/mol. The van der Waals surface area contributed by atoms with Crippen LogP contribution in [0.1, 0.15) is 18.4 Å². The molecule has 0 aromatic heterocycles. The topological polar surface area (TPSA) is 53.8 Å². The van der Waals surface area contributed by atoms with Crippen molar-refractivity contribution in [3.05, 3.63) is 41.1 Å². The van der Waals surface area contributed by atoms with Crippen molar-refractivity contribution in [1.29, 1.82) is 0 Å². The van der Waals surface area contributed by atoms with Gasteiger partial charge in [-0.2, -0.15) is 0 Å². The first-order chi connectivity index (χ1) is 7.77. The number of rotatable bonds is 3. The molecule has 1 aromatic rings. The molecule has 2 atom stereocenters. The van der Waals surface area contributed by atoms with E-state index in [1.54, 1.807) is 0 Å². The van der Waals surface area contributed by atoms with Crippen molar-refractivity contribution in [1.82, 2.24) is 0 Å². The van der Waals surface area contributed by atoms with E-state index in [0.29, 0.717) is 13.0 Å². The SMILES string of the molecule is O=C(OCc1ccccc1)[C@@H]1CCC[NH+]1[O-]. The lowest BCUT2D eigenvalue weighted by atomic mass is 10.2. The van der Waals surface area contributed by atoms with Crippen LogP contribution in [0.4, 0.5) is 0 Å². The van der Waals surface area contributed by atoms with Gasteiger partial charge in [0.1, 0.15) is 6.61 Å². The van der Waals surface area contributed by atoms with E-state index in [0.717, 1.165) is 12.0 Å². The summed E-state index contributed by atoms with van der Waals surface area (Å²) in [5.74, 6) is -0.369. The van der Waals surface area contributed by atoms with E-state index in [9.17, 15) is 10.0 Å². The highest BCUT2D eigenvalue weighted by molar-refractivity contribution is 5.74. The first kappa shape index (κ1) is 11.1. The normalized spacial score (nSPS) is 24.3. The number of carbonyl (C=O) groups is 1. The van der Waals surface area contributed by atoms with Crippen molar-refractivity contribution in [2.75, 3.05) is 6.54 Å². The van der Waals surface area contributed by atoms with E-state index < -0.39 is 6.04 Å². The minimum Gasteiger partial charge on any atom is -0.634 e. The molecule has 0 bridgehead atoms. The molecule has 0 radical (unpaired) electrons. The van der Waals surface area contributed by atoms with Crippen LogP contribution in [-0.4, -0.2) is 18.6 Å². The number of quaternary nitrogens is 1. The fourth-order valence-corrected chi connectivity index (χ4v) is 1.89. The van der Waals surface area contributed by atoms with Gasteiger partial charge in [0, 0.05) is 12.8 Å². The molecule has 0 aliphatic carbocycles. The maximum Gasteiger partial charge on any atom is 0.365 e. The number of nitrogens with one attached hydrogen (secondary N) is 1. The average molecular weight is 221 g/mol. The minimum absolute atomic E-state index is 0.0260. The molecule has 1 aromatic carbocycles. The van der Waals surface area contributed by atoms with E-state index >= 15 is 0 Å². The second-order valence-electron chi connectivity index (χ2n) is 4.00. The van der Waals surface area contributed by atoms with Gasteiger partial charge in [-0.15, -0.1) is 0 Å². The minimum atomic E-state index is -0.510. The quantitative estimate of drug-likeness (QED) is 0.589. The molecule has 4 heteroatoms. The summed E-state index contributed by atoms with van der Waals surface area (Å²) in [5, 5.41) is 11.4. The van der Waals surface area contributed by atoms with E-state index in [1.165, 1.54) is 0 Å². The predicted octanol–water partition coefficient (Wildman–Crippen LogP) is 0.275. The summed E-state index contributed by atoms with van der Waals surface area (Å²) >= 11 is 0. The average Bonchev–Trinajstić information content (AvgIpc) is 2.74. The summed E-state index contributed by atoms with van der Waals surface area (Å²) in [6.45, 7) is 0.772. The second-order valence-corrected chi connectivity index (χ2v) is 4.00. The molecule has 2 rings (SSSR count). The Kier molecular flexibility index (Phi) is 3.54. The molecular formula is C12H15NO3. The van der Waals surface area contributed by atoms with Crippen LogP contribution in [0.2, 0.25) is 0 Å². The molecule has 4 nitrogen and oxygen atoms in total. The van der Waals surface area contributed by atoms with Gasteiger partial charge < -0.3 is 15.0 Å². The first-order valence-corrected chi connectivity index (χ1v) is 5.50. The van der Waals surface area contributed by atoms with Crippen LogP contribution in [0.15, 0.2) is 30.3 Å². The van der Waals surface area contributed by atoms with Gasteiger partial charge in [0.15, 0.2) is 6.04 Å². The van der Waals surface area contributed by atoms with Crippen molar-refractivity contribution in [3.63, 3.8) is 0 Å². The highest BCUT2D eigenvalue weighted by Crippen LogP contribution is 2.05. The third-order valence-electron chi connectivity index (χ3n) is 2.81. The number of hydroxylamine groups is 2. The Bertz CT molecular complexity index is 353. The van der Waals surface area contributed by atoms with E-state index in [-0.39, 0.29) is 17.6 Å². The van der Waals surface area contributed by atoms with Crippen molar-refractivity contribution in [3.8, 4) is 0 Å². The Morgan fingerprint density at radius 3 is 2.81 bits per heavy atom. The third kappa shape index (κ3) is 2.59. The van der Waals surface area contributed by atoms with Crippen LogP contribution in [0.5, 0.6) is 0 Å².